The highest BCUT2D eigenvalue weighted by Crippen LogP contribution is 2.15. The number of guanidine groups is 1. The van der Waals surface area contributed by atoms with Gasteiger partial charge in [0, 0.05) is 43.5 Å². The maximum Gasteiger partial charge on any atom is 0.194 e. The molecule has 0 saturated carbocycles. The normalized spacial score (nSPS) is 15.9. The summed E-state index contributed by atoms with van der Waals surface area (Å²) in [4.78, 5) is 9.58. The molecule has 0 unspecified atom stereocenters. The van der Waals surface area contributed by atoms with Crippen molar-refractivity contribution in [3.05, 3.63) is 22.4 Å². The summed E-state index contributed by atoms with van der Waals surface area (Å²) in [5.74, 6) is 0.996. The van der Waals surface area contributed by atoms with Crippen molar-refractivity contribution in [2.75, 3.05) is 39.8 Å². The van der Waals surface area contributed by atoms with E-state index in [1.54, 1.807) is 0 Å². The van der Waals surface area contributed by atoms with Crippen molar-refractivity contribution in [3.8, 4) is 0 Å². The highest BCUT2D eigenvalue weighted by molar-refractivity contribution is 9.10. The van der Waals surface area contributed by atoms with Crippen LogP contribution in [-0.2, 0) is 13.6 Å². The molecule has 2 heterocycles. The van der Waals surface area contributed by atoms with E-state index >= 15 is 0 Å². The second kappa shape index (κ2) is 10.1. The Labute approximate surface area is 155 Å². The van der Waals surface area contributed by atoms with Crippen LogP contribution in [0.1, 0.15) is 38.3 Å². The molecule has 0 aromatic carbocycles. The molecule has 1 fully saturated rings. The van der Waals surface area contributed by atoms with Crippen LogP contribution in [0.2, 0.25) is 0 Å². The second-order valence-electron chi connectivity index (χ2n) is 6.61. The van der Waals surface area contributed by atoms with E-state index in [9.17, 15) is 0 Å². The van der Waals surface area contributed by atoms with Gasteiger partial charge >= 0.3 is 0 Å². The lowest BCUT2D eigenvalue weighted by molar-refractivity contribution is 0.331. The number of nitrogens with one attached hydrogen (secondary N) is 1. The van der Waals surface area contributed by atoms with Gasteiger partial charge in [0.15, 0.2) is 5.96 Å². The van der Waals surface area contributed by atoms with Crippen molar-refractivity contribution < 1.29 is 0 Å². The van der Waals surface area contributed by atoms with Crippen LogP contribution in [0.4, 0.5) is 0 Å². The fraction of sp³-hybridized carbons (Fsp3) is 0.722. The first kappa shape index (κ1) is 19.3. The summed E-state index contributed by atoms with van der Waals surface area (Å²) >= 11 is 3.54. The number of hydrogen-bond donors (Lipinski definition) is 1. The van der Waals surface area contributed by atoms with Crippen LogP contribution < -0.4 is 5.32 Å². The smallest absolute Gasteiger partial charge is 0.194 e. The monoisotopic (exact) mass is 397 g/mol. The van der Waals surface area contributed by atoms with Crippen LogP contribution in [0.15, 0.2) is 21.7 Å². The molecule has 24 heavy (non-hydrogen) atoms. The molecule has 1 aliphatic heterocycles. The maximum atomic E-state index is 4.80. The van der Waals surface area contributed by atoms with Gasteiger partial charge in [-0.1, -0.05) is 0 Å². The van der Waals surface area contributed by atoms with Gasteiger partial charge in [-0.25, -0.2) is 0 Å². The molecule has 6 heteroatoms. The minimum Gasteiger partial charge on any atom is -0.357 e. The van der Waals surface area contributed by atoms with Crippen LogP contribution in [0.25, 0.3) is 0 Å². The largest absolute Gasteiger partial charge is 0.357 e. The number of hydrogen-bond acceptors (Lipinski definition) is 2. The zero-order chi connectivity index (χ0) is 17.4. The average molecular weight is 398 g/mol. The highest BCUT2D eigenvalue weighted by Gasteiger charge is 2.11. The van der Waals surface area contributed by atoms with Crippen molar-refractivity contribution in [1.29, 1.82) is 0 Å². The van der Waals surface area contributed by atoms with Crippen molar-refractivity contribution in [1.82, 2.24) is 19.7 Å². The number of aromatic nitrogens is 1. The number of likely N-dealkylation sites (tertiary alicyclic amines) is 1. The van der Waals surface area contributed by atoms with Gasteiger partial charge in [0.1, 0.15) is 0 Å². The Kier molecular flexibility index (Phi) is 8.12. The van der Waals surface area contributed by atoms with Crippen molar-refractivity contribution in [3.63, 3.8) is 0 Å². The minimum absolute atomic E-state index is 0.849. The van der Waals surface area contributed by atoms with Gasteiger partial charge in [0.2, 0.25) is 0 Å². The number of aliphatic imine (C=N–C) groups is 1. The lowest BCUT2D eigenvalue weighted by Gasteiger charge is -2.22. The predicted octanol–water partition coefficient (Wildman–Crippen LogP) is 3.06. The second-order valence-corrected chi connectivity index (χ2v) is 7.52. The molecule has 0 amide bonds. The molecule has 1 saturated heterocycles. The fourth-order valence-electron chi connectivity index (χ4n) is 3.15. The molecular formula is C18H32BrN5. The fourth-order valence-corrected chi connectivity index (χ4v) is 3.72. The Morgan fingerprint density at radius 2 is 2.08 bits per heavy atom. The van der Waals surface area contributed by atoms with E-state index in [0.29, 0.717) is 0 Å². The van der Waals surface area contributed by atoms with Crippen LogP contribution in [0.3, 0.4) is 0 Å². The molecule has 2 rings (SSSR count). The number of unbranched alkanes of at least 4 members (excludes halogenated alkanes) is 1. The summed E-state index contributed by atoms with van der Waals surface area (Å²) in [6, 6.07) is 2.16. The van der Waals surface area contributed by atoms with E-state index in [-0.39, 0.29) is 0 Å². The van der Waals surface area contributed by atoms with Gasteiger partial charge in [-0.2, -0.15) is 0 Å². The zero-order valence-electron chi connectivity index (χ0n) is 15.4. The molecule has 136 valence electrons. The third-order valence-electron chi connectivity index (χ3n) is 4.51. The third-order valence-corrected chi connectivity index (χ3v) is 4.95. The molecule has 0 bridgehead atoms. The van der Waals surface area contributed by atoms with E-state index < -0.39 is 0 Å². The van der Waals surface area contributed by atoms with Crippen LogP contribution in [-0.4, -0.2) is 60.1 Å². The molecular weight excluding hydrogens is 366 g/mol. The molecule has 0 atom stereocenters. The number of rotatable bonds is 8. The van der Waals surface area contributed by atoms with Crippen LogP contribution >= 0.6 is 15.9 Å². The Bertz CT molecular complexity index is 519. The maximum absolute atomic E-state index is 4.80. The average Bonchev–Trinajstić information content (AvgIpc) is 3.16. The molecule has 0 radical (unpaired) electrons. The van der Waals surface area contributed by atoms with E-state index in [0.717, 1.165) is 36.5 Å². The Hall–Kier alpha value is -1.01. The Morgan fingerprint density at radius 1 is 1.33 bits per heavy atom. The van der Waals surface area contributed by atoms with Gasteiger partial charge in [0.05, 0.1) is 6.54 Å². The van der Waals surface area contributed by atoms with Gasteiger partial charge < -0.3 is 19.7 Å². The first-order valence-corrected chi connectivity index (χ1v) is 9.92. The molecule has 0 aliphatic carbocycles. The lowest BCUT2D eigenvalue weighted by Crippen LogP contribution is -2.38. The van der Waals surface area contributed by atoms with Crippen LogP contribution in [0, 0.1) is 0 Å². The Morgan fingerprint density at radius 3 is 2.71 bits per heavy atom. The summed E-state index contributed by atoms with van der Waals surface area (Å²) in [6.45, 7) is 8.59. The lowest BCUT2D eigenvalue weighted by atomic mass is 10.3. The summed E-state index contributed by atoms with van der Waals surface area (Å²) < 4.78 is 3.28. The summed E-state index contributed by atoms with van der Waals surface area (Å²) in [5.41, 5.74) is 1.27. The quantitative estimate of drug-likeness (QED) is 0.415. The number of nitrogens with zero attached hydrogens (tertiary/aromatic N) is 4. The molecule has 5 nitrogen and oxygen atoms in total. The number of halogens is 1. The summed E-state index contributed by atoms with van der Waals surface area (Å²) in [6.07, 6.45) is 7.25. The summed E-state index contributed by atoms with van der Waals surface area (Å²) in [5, 5.41) is 3.41. The molecule has 1 aromatic heterocycles. The SMILES string of the molecule is CCNC(=NCCCCN1CCCC1)N(C)Cc1cc(Br)cn1C. The highest BCUT2D eigenvalue weighted by atomic mass is 79.9. The van der Waals surface area contributed by atoms with Crippen LogP contribution in [0.5, 0.6) is 0 Å². The van der Waals surface area contributed by atoms with Crippen molar-refractivity contribution >= 4 is 21.9 Å². The third kappa shape index (κ3) is 6.13. The molecule has 1 aliphatic rings. The first-order chi connectivity index (χ1) is 11.6. The minimum atomic E-state index is 0.849. The van der Waals surface area contributed by atoms with E-state index in [1.165, 1.54) is 44.6 Å². The Balaban J connectivity index is 1.79. The van der Waals surface area contributed by atoms with Crippen molar-refractivity contribution in [2.45, 2.75) is 39.2 Å². The van der Waals surface area contributed by atoms with E-state index in [2.05, 4.69) is 68.9 Å². The molecule has 1 aromatic rings. The van der Waals surface area contributed by atoms with Gasteiger partial charge in [-0.05, 0) is 74.2 Å². The first-order valence-electron chi connectivity index (χ1n) is 9.12. The topological polar surface area (TPSA) is 35.8 Å². The summed E-state index contributed by atoms with van der Waals surface area (Å²) in [7, 11) is 4.18. The molecule has 0 spiro atoms. The number of aryl methyl sites for hydroxylation is 1. The van der Waals surface area contributed by atoms with Gasteiger partial charge in [-0.3, -0.25) is 4.99 Å². The zero-order valence-corrected chi connectivity index (χ0v) is 17.0. The molecule has 1 N–H and O–H groups in total. The standard InChI is InChI=1S/C18H32BrN5/c1-4-20-18(21-9-5-6-10-24-11-7-8-12-24)23(3)15-17-13-16(19)14-22(17)2/h13-14H,4-12,15H2,1-3H3,(H,20,21). The van der Waals surface area contributed by atoms with E-state index in [4.69, 9.17) is 4.99 Å². The van der Waals surface area contributed by atoms with Crippen molar-refractivity contribution in [2.24, 2.45) is 12.0 Å². The van der Waals surface area contributed by atoms with Gasteiger partial charge in [0.25, 0.3) is 0 Å². The van der Waals surface area contributed by atoms with E-state index in [1.807, 2.05) is 0 Å². The van der Waals surface area contributed by atoms with Gasteiger partial charge in [-0.15, -0.1) is 0 Å². The predicted molar refractivity (Wildman–Crippen MR) is 105 cm³/mol.